The fourth-order valence-corrected chi connectivity index (χ4v) is 4.24. The Hall–Kier alpha value is -2.04. The van der Waals surface area contributed by atoms with Crippen LogP contribution in [0.3, 0.4) is 0 Å². The van der Waals surface area contributed by atoms with Gasteiger partial charge in [0.15, 0.2) is 0 Å². The highest BCUT2D eigenvalue weighted by atomic mass is 35.5. The minimum atomic E-state index is -0.0221. The summed E-state index contributed by atoms with van der Waals surface area (Å²) in [6.45, 7) is 4.78. The molecule has 4 nitrogen and oxygen atoms in total. The molecule has 0 spiro atoms. The van der Waals surface area contributed by atoms with Gasteiger partial charge in [0, 0.05) is 6.54 Å². The lowest BCUT2D eigenvalue weighted by molar-refractivity contribution is 0.102. The summed E-state index contributed by atoms with van der Waals surface area (Å²) in [7, 11) is 0. The van der Waals surface area contributed by atoms with Gasteiger partial charge in [0.2, 0.25) is 0 Å². The average Bonchev–Trinajstić information content (AvgIpc) is 3.18. The summed E-state index contributed by atoms with van der Waals surface area (Å²) in [6, 6.07) is 16.0. The van der Waals surface area contributed by atoms with Crippen molar-refractivity contribution in [2.24, 2.45) is 0 Å². The number of likely N-dealkylation sites (tertiary alicyclic amines) is 1. The summed E-state index contributed by atoms with van der Waals surface area (Å²) >= 11 is 0. The van der Waals surface area contributed by atoms with Gasteiger partial charge in [0.05, 0.1) is 22.6 Å². The van der Waals surface area contributed by atoms with E-state index in [0.717, 1.165) is 35.6 Å². The summed E-state index contributed by atoms with van der Waals surface area (Å²) in [5.74, 6) is -0.0221. The molecule has 2 aliphatic rings. The third-order valence-electron chi connectivity index (χ3n) is 5.69. The van der Waals surface area contributed by atoms with Crippen molar-refractivity contribution in [3.8, 4) is 0 Å². The Balaban J connectivity index is 0.00000225. The lowest BCUT2D eigenvalue weighted by Crippen LogP contribution is -2.21. The first-order chi connectivity index (χ1) is 13.3. The van der Waals surface area contributed by atoms with Crippen molar-refractivity contribution in [3.63, 3.8) is 0 Å². The molecule has 0 unspecified atom stereocenters. The molecule has 150 valence electrons. The highest BCUT2D eigenvalue weighted by molar-refractivity contribution is 6.12. The van der Waals surface area contributed by atoms with E-state index in [1.54, 1.807) is 0 Å². The minimum Gasteiger partial charge on any atom is -0.339 e. The number of anilines is 3. The number of carbonyl (C=O) groups excluding carboxylic acids is 1. The van der Waals surface area contributed by atoms with Gasteiger partial charge in [-0.3, -0.25) is 4.79 Å². The van der Waals surface area contributed by atoms with Crippen LogP contribution in [-0.2, 0) is 0 Å². The second-order valence-corrected chi connectivity index (χ2v) is 7.60. The maximum Gasteiger partial charge on any atom is 0.257 e. The zero-order chi connectivity index (χ0) is 18.5. The summed E-state index contributed by atoms with van der Waals surface area (Å²) in [5.41, 5.74) is 3.75. The molecule has 2 aliphatic heterocycles. The zero-order valence-corrected chi connectivity index (χ0v) is 17.2. The van der Waals surface area contributed by atoms with Crippen LogP contribution in [0.4, 0.5) is 17.1 Å². The largest absolute Gasteiger partial charge is 0.339 e. The number of nitrogens with one attached hydrogen (secondary N) is 1. The smallest absolute Gasteiger partial charge is 0.257 e. The molecule has 2 aromatic carbocycles. The highest BCUT2D eigenvalue weighted by Gasteiger charge is 2.24. The second-order valence-electron chi connectivity index (χ2n) is 7.60. The Morgan fingerprint density at radius 1 is 0.786 bits per heavy atom. The Labute approximate surface area is 174 Å². The van der Waals surface area contributed by atoms with E-state index in [1.807, 2.05) is 36.4 Å². The number of fused-ring (bicyclic) bond motifs is 2. The first-order valence-electron chi connectivity index (χ1n) is 10.3. The number of rotatable bonds is 7. The van der Waals surface area contributed by atoms with E-state index >= 15 is 0 Å². The number of amides is 1. The van der Waals surface area contributed by atoms with Crippen molar-refractivity contribution in [3.05, 3.63) is 54.1 Å². The van der Waals surface area contributed by atoms with Crippen LogP contribution < -0.4 is 10.2 Å². The van der Waals surface area contributed by atoms with Gasteiger partial charge in [0.1, 0.15) is 0 Å². The van der Waals surface area contributed by atoms with E-state index < -0.39 is 0 Å². The average molecular weight is 400 g/mol. The van der Waals surface area contributed by atoms with Crippen molar-refractivity contribution in [1.82, 2.24) is 4.90 Å². The van der Waals surface area contributed by atoms with Crippen LogP contribution in [0.1, 0.15) is 48.9 Å². The van der Waals surface area contributed by atoms with Crippen LogP contribution in [-0.4, -0.2) is 37.0 Å². The molecule has 1 amide bonds. The molecule has 0 bridgehead atoms. The molecular formula is C23H30ClN3O. The van der Waals surface area contributed by atoms with Gasteiger partial charge < -0.3 is 15.1 Å². The molecule has 0 aliphatic carbocycles. The number of benzene rings is 2. The number of hydrogen-bond donors (Lipinski definition) is 1. The van der Waals surface area contributed by atoms with Gasteiger partial charge in [0.25, 0.3) is 5.91 Å². The molecule has 4 rings (SSSR count). The van der Waals surface area contributed by atoms with Crippen molar-refractivity contribution in [2.75, 3.05) is 36.4 Å². The maximum atomic E-state index is 12.6. The predicted molar refractivity (Wildman–Crippen MR) is 119 cm³/mol. The molecule has 2 aromatic rings. The summed E-state index contributed by atoms with van der Waals surface area (Å²) < 4.78 is 0. The van der Waals surface area contributed by atoms with Gasteiger partial charge in [-0.2, -0.15) is 0 Å². The lowest BCUT2D eigenvalue weighted by Gasteiger charge is -2.26. The number of nitrogens with zero attached hydrogens (tertiary/aromatic N) is 2. The van der Waals surface area contributed by atoms with Crippen molar-refractivity contribution >= 4 is 35.4 Å². The molecule has 1 fully saturated rings. The Kier molecular flexibility index (Phi) is 7.35. The van der Waals surface area contributed by atoms with Gasteiger partial charge in [-0.15, -0.1) is 12.4 Å². The van der Waals surface area contributed by atoms with Crippen molar-refractivity contribution in [2.45, 2.75) is 38.5 Å². The zero-order valence-electron chi connectivity index (χ0n) is 16.4. The molecule has 0 saturated carbocycles. The Morgan fingerprint density at radius 3 is 2.21 bits per heavy atom. The first kappa shape index (κ1) is 20.7. The number of para-hydroxylation sites is 3. The van der Waals surface area contributed by atoms with Crippen LogP contribution >= 0.6 is 12.4 Å². The second kappa shape index (κ2) is 9.94. The Morgan fingerprint density at radius 2 is 1.43 bits per heavy atom. The van der Waals surface area contributed by atoms with Gasteiger partial charge >= 0.3 is 0 Å². The third-order valence-corrected chi connectivity index (χ3v) is 5.69. The summed E-state index contributed by atoms with van der Waals surface area (Å²) in [6.07, 6.45) is 7.70. The fraction of sp³-hybridized carbons (Fsp3) is 0.435. The van der Waals surface area contributed by atoms with E-state index in [1.165, 1.54) is 51.7 Å². The number of halogens is 1. The van der Waals surface area contributed by atoms with Crippen LogP contribution in [0.5, 0.6) is 0 Å². The maximum absolute atomic E-state index is 12.6. The first-order valence-corrected chi connectivity index (χ1v) is 10.3. The molecule has 5 heteroatoms. The number of hydrogen-bond acceptors (Lipinski definition) is 3. The molecule has 28 heavy (non-hydrogen) atoms. The molecule has 0 radical (unpaired) electrons. The third kappa shape index (κ3) is 4.68. The van der Waals surface area contributed by atoms with E-state index in [0.29, 0.717) is 0 Å². The van der Waals surface area contributed by atoms with Gasteiger partial charge in [-0.1, -0.05) is 37.1 Å². The fourth-order valence-electron chi connectivity index (χ4n) is 4.24. The molecule has 0 aromatic heterocycles. The quantitative estimate of drug-likeness (QED) is 0.627. The summed E-state index contributed by atoms with van der Waals surface area (Å²) in [5, 5.41) is 3.06. The SMILES string of the molecule is Cl.O=C1Nc2ccccc2N(CCCCCCN2CCCC2)c2ccccc21. The summed E-state index contributed by atoms with van der Waals surface area (Å²) in [4.78, 5) is 17.5. The normalized spacial score (nSPS) is 16.0. The Bertz CT molecular complexity index is 789. The van der Waals surface area contributed by atoms with Crippen LogP contribution in [0.15, 0.2) is 48.5 Å². The van der Waals surface area contributed by atoms with Crippen LogP contribution in [0.25, 0.3) is 0 Å². The number of carbonyl (C=O) groups is 1. The standard InChI is InChI=1S/C23H29N3O.ClH/c27-23-19-11-3-5-13-21(19)26(22-14-6-4-12-20(22)24-23)18-8-2-1-7-15-25-16-9-10-17-25;/h3-6,11-14H,1-2,7-10,15-18H2,(H,24,27);1H. The van der Waals surface area contributed by atoms with E-state index in [-0.39, 0.29) is 18.3 Å². The van der Waals surface area contributed by atoms with E-state index in [4.69, 9.17) is 0 Å². The minimum absolute atomic E-state index is 0. The van der Waals surface area contributed by atoms with Crippen molar-refractivity contribution < 1.29 is 4.79 Å². The monoisotopic (exact) mass is 399 g/mol. The lowest BCUT2D eigenvalue weighted by atomic mass is 10.1. The predicted octanol–water partition coefficient (Wildman–Crippen LogP) is 5.47. The number of unbranched alkanes of at least 4 members (excludes halogenated alkanes) is 3. The van der Waals surface area contributed by atoms with E-state index in [9.17, 15) is 4.79 Å². The van der Waals surface area contributed by atoms with Crippen molar-refractivity contribution in [1.29, 1.82) is 0 Å². The molecule has 2 heterocycles. The molecule has 0 atom stereocenters. The van der Waals surface area contributed by atoms with Crippen LogP contribution in [0, 0.1) is 0 Å². The highest BCUT2D eigenvalue weighted by Crippen LogP contribution is 2.37. The molecule has 1 saturated heterocycles. The topological polar surface area (TPSA) is 35.6 Å². The molecular weight excluding hydrogens is 370 g/mol. The van der Waals surface area contributed by atoms with Gasteiger partial charge in [-0.25, -0.2) is 0 Å². The van der Waals surface area contributed by atoms with Gasteiger partial charge in [-0.05, 0) is 69.6 Å². The van der Waals surface area contributed by atoms with E-state index in [2.05, 4.69) is 27.2 Å². The van der Waals surface area contributed by atoms with Crippen LogP contribution in [0.2, 0.25) is 0 Å². The molecule has 1 N–H and O–H groups in total.